The average Bonchev–Trinajstić information content (AvgIpc) is 3.20. The molecule has 4 amide bonds. The normalized spacial score (nSPS) is 13.7. The Hall–Kier alpha value is -3.07. The van der Waals surface area contributed by atoms with Gasteiger partial charge in [0.15, 0.2) is 5.13 Å². The van der Waals surface area contributed by atoms with Gasteiger partial charge in [-0.2, -0.15) is 0 Å². The maximum atomic E-state index is 12.0. The van der Waals surface area contributed by atoms with Crippen molar-refractivity contribution in [2.24, 2.45) is 0 Å². The van der Waals surface area contributed by atoms with Crippen molar-refractivity contribution < 1.29 is 19.2 Å². The minimum atomic E-state index is -0.301. The molecule has 2 N–H and O–H groups in total. The number of imide groups is 1. The van der Waals surface area contributed by atoms with E-state index in [1.165, 1.54) is 18.3 Å². The maximum Gasteiger partial charge on any atom is 0.229 e. The molecule has 0 spiro atoms. The number of hydrogen-bond donors (Lipinski definition) is 2. The first-order valence-corrected chi connectivity index (χ1v) is 9.27. The fourth-order valence-electron chi connectivity index (χ4n) is 2.66. The fourth-order valence-corrected chi connectivity index (χ4v) is 3.39. The van der Waals surface area contributed by atoms with E-state index in [0.29, 0.717) is 16.5 Å². The molecule has 0 bridgehead atoms. The van der Waals surface area contributed by atoms with Crippen molar-refractivity contribution in [1.82, 2.24) is 9.88 Å². The third kappa shape index (κ3) is 4.76. The lowest BCUT2D eigenvalue weighted by Gasteiger charge is -2.12. The van der Waals surface area contributed by atoms with E-state index in [-0.39, 0.29) is 49.4 Å². The molecule has 0 saturated carbocycles. The largest absolute Gasteiger partial charge is 0.326 e. The monoisotopic (exact) mass is 386 g/mol. The summed E-state index contributed by atoms with van der Waals surface area (Å²) in [6.45, 7) is 1.53. The van der Waals surface area contributed by atoms with Gasteiger partial charge < -0.3 is 10.6 Å². The molecule has 0 unspecified atom stereocenters. The highest BCUT2D eigenvalue weighted by Gasteiger charge is 2.28. The Morgan fingerprint density at radius 2 is 1.78 bits per heavy atom. The summed E-state index contributed by atoms with van der Waals surface area (Å²) in [6.07, 6.45) is 0.478. The number of carbonyl (C=O) groups excluding carboxylic acids is 4. The van der Waals surface area contributed by atoms with Crippen LogP contribution in [-0.4, -0.2) is 40.1 Å². The number of thiazole rings is 1. The maximum absolute atomic E-state index is 12.0. The Bertz CT molecular complexity index is 875. The van der Waals surface area contributed by atoms with Gasteiger partial charge in [0.25, 0.3) is 0 Å². The summed E-state index contributed by atoms with van der Waals surface area (Å²) >= 11 is 1.29. The van der Waals surface area contributed by atoms with Crippen LogP contribution in [0.15, 0.2) is 29.6 Å². The zero-order valence-electron chi connectivity index (χ0n) is 14.7. The number of likely N-dealkylation sites (tertiary alicyclic amines) is 1. The van der Waals surface area contributed by atoms with E-state index >= 15 is 0 Å². The van der Waals surface area contributed by atoms with Gasteiger partial charge in [0.1, 0.15) is 0 Å². The third-order valence-electron chi connectivity index (χ3n) is 3.97. The third-order valence-corrected chi connectivity index (χ3v) is 4.73. The Morgan fingerprint density at radius 3 is 2.41 bits per heavy atom. The molecule has 2 aromatic rings. The lowest BCUT2D eigenvalue weighted by molar-refractivity contribution is -0.138. The van der Waals surface area contributed by atoms with E-state index in [4.69, 9.17) is 0 Å². The Balaban J connectivity index is 1.55. The lowest BCUT2D eigenvalue weighted by atomic mass is 10.1. The van der Waals surface area contributed by atoms with Gasteiger partial charge >= 0.3 is 0 Å². The zero-order chi connectivity index (χ0) is 19.4. The van der Waals surface area contributed by atoms with Crippen molar-refractivity contribution in [3.05, 3.63) is 29.6 Å². The van der Waals surface area contributed by atoms with E-state index in [2.05, 4.69) is 15.6 Å². The molecular formula is C18H18N4O4S. The van der Waals surface area contributed by atoms with Crippen LogP contribution in [0.2, 0.25) is 0 Å². The first-order chi connectivity index (χ1) is 12.9. The zero-order valence-corrected chi connectivity index (χ0v) is 15.5. The summed E-state index contributed by atoms with van der Waals surface area (Å²) in [5, 5.41) is 7.64. The van der Waals surface area contributed by atoms with Crippen molar-refractivity contribution >= 4 is 45.8 Å². The van der Waals surface area contributed by atoms with Gasteiger partial charge in [0, 0.05) is 49.4 Å². The molecular weight excluding hydrogens is 368 g/mol. The number of hydrogen-bond acceptors (Lipinski definition) is 6. The predicted molar refractivity (Wildman–Crippen MR) is 101 cm³/mol. The van der Waals surface area contributed by atoms with Crippen molar-refractivity contribution in [2.45, 2.75) is 26.2 Å². The van der Waals surface area contributed by atoms with Crippen LogP contribution in [0.1, 0.15) is 26.2 Å². The second kappa shape index (κ2) is 8.09. The van der Waals surface area contributed by atoms with E-state index in [1.807, 2.05) is 17.5 Å². The quantitative estimate of drug-likeness (QED) is 0.740. The molecule has 1 saturated heterocycles. The first-order valence-electron chi connectivity index (χ1n) is 8.39. The lowest BCUT2D eigenvalue weighted by Crippen LogP contribution is -2.32. The predicted octanol–water partition coefficient (Wildman–Crippen LogP) is 2.25. The van der Waals surface area contributed by atoms with Gasteiger partial charge in [-0.05, 0) is 12.1 Å². The molecule has 1 fully saturated rings. The SMILES string of the molecule is CC(=O)Nc1ccc(-c2csc(NC(=O)CCN3C(=O)CCC3=O)n2)cc1. The number of benzene rings is 1. The molecule has 0 atom stereocenters. The summed E-state index contributed by atoms with van der Waals surface area (Å²) in [5.74, 6) is -0.901. The summed E-state index contributed by atoms with van der Waals surface area (Å²) in [5.41, 5.74) is 2.25. The second-order valence-corrected chi connectivity index (χ2v) is 6.89. The van der Waals surface area contributed by atoms with Gasteiger partial charge in [0.2, 0.25) is 23.6 Å². The molecule has 8 nitrogen and oxygen atoms in total. The molecule has 1 aliphatic heterocycles. The topological polar surface area (TPSA) is 108 Å². The molecule has 1 aromatic carbocycles. The molecule has 9 heteroatoms. The van der Waals surface area contributed by atoms with Crippen LogP contribution in [0.3, 0.4) is 0 Å². The van der Waals surface area contributed by atoms with E-state index in [1.54, 1.807) is 12.1 Å². The van der Waals surface area contributed by atoms with Gasteiger partial charge in [-0.15, -0.1) is 11.3 Å². The molecule has 140 valence electrons. The van der Waals surface area contributed by atoms with Gasteiger partial charge in [-0.3, -0.25) is 24.1 Å². The van der Waals surface area contributed by atoms with Crippen LogP contribution in [0, 0.1) is 0 Å². The first kappa shape index (κ1) is 18.7. The highest BCUT2D eigenvalue weighted by atomic mass is 32.1. The molecule has 1 aromatic heterocycles. The smallest absolute Gasteiger partial charge is 0.229 e. The number of nitrogens with one attached hydrogen (secondary N) is 2. The molecule has 0 radical (unpaired) electrons. The molecule has 1 aliphatic rings. The molecule has 3 rings (SSSR count). The molecule has 27 heavy (non-hydrogen) atoms. The minimum absolute atomic E-state index is 0.0395. The van der Waals surface area contributed by atoms with Gasteiger partial charge in [-0.1, -0.05) is 12.1 Å². The number of carbonyl (C=O) groups is 4. The summed E-state index contributed by atoms with van der Waals surface area (Å²) in [4.78, 5) is 51.7. The summed E-state index contributed by atoms with van der Waals surface area (Å²) in [6, 6.07) is 7.21. The van der Waals surface area contributed by atoms with Crippen molar-refractivity contribution in [2.75, 3.05) is 17.2 Å². The Labute approximate surface area is 159 Å². The number of aromatic nitrogens is 1. The minimum Gasteiger partial charge on any atom is -0.326 e. The van der Waals surface area contributed by atoms with Crippen molar-refractivity contribution in [3.8, 4) is 11.3 Å². The number of rotatable bonds is 6. The van der Waals surface area contributed by atoms with E-state index in [0.717, 1.165) is 10.5 Å². The second-order valence-electron chi connectivity index (χ2n) is 6.03. The van der Waals surface area contributed by atoms with Gasteiger partial charge in [0.05, 0.1) is 5.69 Å². The van der Waals surface area contributed by atoms with Crippen LogP contribution < -0.4 is 10.6 Å². The van der Waals surface area contributed by atoms with E-state index < -0.39 is 0 Å². The van der Waals surface area contributed by atoms with Gasteiger partial charge in [-0.25, -0.2) is 4.98 Å². The van der Waals surface area contributed by atoms with Crippen LogP contribution in [0.25, 0.3) is 11.3 Å². The van der Waals surface area contributed by atoms with Crippen LogP contribution >= 0.6 is 11.3 Å². The van der Waals surface area contributed by atoms with Crippen LogP contribution in [-0.2, 0) is 19.2 Å². The van der Waals surface area contributed by atoms with Crippen LogP contribution in [0.5, 0.6) is 0 Å². The number of anilines is 2. The summed E-state index contributed by atoms with van der Waals surface area (Å²) in [7, 11) is 0. The Kier molecular flexibility index (Phi) is 5.60. The highest BCUT2D eigenvalue weighted by Crippen LogP contribution is 2.26. The fraction of sp³-hybridized carbons (Fsp3) is 0.278. The highest BCUT2D eigenvalue weighted by molar-refractivity contribution is 7.14. The Morgan fingerprint density at radius 1 is 1.11 bits per heavy atom. The van der Waals surface area contributed by atoms with Crippen LogP contribution in [0.4, 0.5) is 10.8 Å². The van der Waals surface area contributed by atoms with E-state index in [9.17, 15) is 19.2 Å². The number of nitrogens with zero attached hydrogens (tertiary/aromatic N) is 2. The molecule has 2 heterocycles. The molecule has 0 aliphatic carbocycles. The summed E-state index contributed by atoms with van der Waals surface area (Å²) < 4.78 is 0. The average molecular weight is 386 g/mol. The van der Waals surface area contributed by atoms with Crippen molar-refractivity contribution in [1.29, 1.82) is 0 Å². The van der Waals surface area contributed by atoms with Crippen molar-refractivity contribution in [3.63, 3.8) is 0 Å². The standard InChI is InChI=1S/C18H18N4O4S/c1-11(23)19-13-4-2-12(3-5-13)14-10-27-18(20-14)21-15(24)8-9-22-16(25)6-7-17(22)26/h2-5,10H,6-9H2,1H3,(H,19,23)(H,20,21,24). The number of amides is 4.